The largest absolute Gasteiger partial charge is 0.462 e. The summed E-state index contributed by atoms with van der Waals surface area (Å²) >= 11 is 0. The molecule has 0 rings (SSSR count). The molecule has 0 aliphatic carbocycles. The van der Waals surface area contributed by atoms with Gasteiger partial charge in [0.25, 0.3) is 0 Å². The summed E-state index contributed by atoms with van der Waals surface area (Å²) in [5.74, 6) is -0.935. The Hall–Kier alpha value is -3.15. The van der Waals surface area contributed by atoms with Crippen molar-refractivity contribution in [2.45, 2.75) is 258 Å². The van der Waals surface area contributed by atoms with Crippen molar-refractivity contribution >= 4 is 17.9 Å². The average Bonchev–Trinajstić information content (AvgIpc) is 3.28. The summed E-state index contributed by atoms with van der Waals surface area (Å²) in [5, 5.41) is 0. The molecule has 0 aromatic heterocycles. The third kappa shape index (κ3) is 49.7. The van der Waals surface area contributed by atoms with Crippen molar-refractivity contribution in [3.63, 3.8) is 0 Å². The Labute approximate surface area is 389 Å². The summed E-state index contributed by atoms with van der Waals surface area (Å²) in [6, 6.07) is 0. The molecule has 0 amide bonds. The van der Waals surface area contributed by atoms with Crippen LogP contribution in [0.1, 0.15) is 252 Å². The van der Waals surface area contributed by atoms with E-state index in [0.29, 0.717) is 19.3 Å². The van der Waals surface area contributed by atoms with Crippen molar-refractivity contribution in [1.82, 2.24) is 0 Å². The van der Waals surface area contributed by atoms with E-state index in [0.717, 1.165) is 116 Å². The molecule has 0 aromatic rings. The molecule has 0 spiro atoms. The Kier molecular flexibility index (Phi) is 48.9. The van der Waals surface area contributed by atoms with Crippen LogP contribution < -0.4 is 0 Å². The number of hydrogen-bond donors (Lipinski definition) is 0. The van der Waals surface area contributed by atoms with E-state index in [1.165, 1.54) is 96.3 Å². The summed E-state index contributed by atoms with van der Waals surface area (Å²) in [7, 11) is 0. The van der Waals surface area contributed by atoms with Crippen molar-refractivity contribution in [2.24, 2.45) is 0 Å². The molecule has 362 valence electrons. The van der Waals surface area contributed by atoms with E-state index >= 15 is 0 Å². The first-order chi connectivity index (χ1) is 31.0. The number of esters is 3. The molecule has 0 aromatic carbocycles. The smallest absolute Gasteiger partial charge is 0.306 e. The molecule has 1 atom stereocenters. The van der Waals surface area contributed by atoms with Gasteiger partial charge in [0.15, 0.2) is 6.10 Å². The molecule has 0 bridgehead atoms. The monoisotopic (exact) mass is 879 g/mol. The second-order valence-corrected chi connectivity index (χ2v) is 17.4. The molecule has 63 heavy (non-hydrogen) atoms. The summed E-state index contributed by atoms with van der Waals surface area (Å²) in [6.45, 7) is 6.53. The lowest BCUT2D eigenvalue weighted by atomic mass is 10.1. The standard InChI is InChI=1S/C57H98O6/c1-4-7-10-13-16-19-22-25-27-28-30-32-35-38-41-44-47-50-56(59)62-53-54(52-61-55(58)49-46-43-40-37-34-31-24-21-18-15-12-9-6-3)63-57(60)51-48-45-42-39-36-33-29-26-23-20-17-14-11-8-5-2/h16-17,19-21,24-27,29-30,32,54H,4-15,18,22-23,28,31,33-53H2,1-3H3/b19-16-,20-17-,24-21-,27-25-,29-26-,32-30-/t54-/m1/s1. The molecule has 0 unspecified atom stereocenters. The fourth-order valence-electron chi connectivity index (χ4n) is 7.12. The molecule has 0 fully saturated rings. The van der Waals surface area contributed by atoms with Crippen molar-refractivity contribution in [3.8, 4) is 0 Å². The van der Waals surface area contributed by atoms with Crippen LogP contribution in [-0.4, -0.2) is 37.2 Å². The fourth-order valence-corrected chi connectivity index (χ4v) is 7.12. The van der Waals surface area contributed by atoms with Gasteiger partial charge < -0.3 is 14.2 Å². The first kappa shape index (κ1) is 59.9. The van der Waals surface area contributed by atoms with E-state index in [1.54, 1.807) is 0 Å². The van der Waals surface area contributed by atoms with Gasteiger partial charge in [0.2, 0.25) is 0 Å². The van der Waals surface area contributed by atoms with Crippen molar-refractivity contribution in [1.29, 1.82) is 0 Å². The second-order valence-electron chi connectivity index (χ2n) is 17.4. The van der Waals surface area contributed by atoms with Crippen LogP contribution in [0.25, 0.3) is 0 Å². The van der Waals surface area contributed by atoms with E-state index in [4.69, 9.17) is 14.2 Å². The predicted octanol–water partition coefficient (Wildman–Crippen LogP) is 17.4. The van der Waals surface area contributed by atoms with E-state index in [9.17, 15) is 14.4 Å². The van der Waals surface area contributed by atoms with Gasteiger partial charge in [0, 0.05) is 19.3 Å². The molecule has 0 heterocycles. The van der Waals surface area contributed by atoms with Crippen LogP contribution in [0, 0.1) is 0 Å². The SMILES string of the molecule is CCCCC/C=C\C/C=C\C/C=C\CCCCCCC(=O)OC[C@@H](COC(=O)CCCCCCC/C=C\CCCCCC)OC(=O)CCCCCCC/C=C\C/C=C\CCCCC. The molecular weight excluding hydrogens is 781 g/mol. The number of hydrogen-bond acceptors (Lipinski definition) is 6. The van der Waals surface area contributed by atoms with Crippen LogP contribution in [0.4, 0.5) is 0 Å². The molecule has 0 aliphatic rings. The predicted molar refractivity (Wildman–Crippen MR) is 270 cm³/mol. The zero-order chi connectivity index (χ0) is 45.8. The Morgan fingerprint density at radius 3 is 0.937 bits per heavy atom. The number of carbonyl (C=O) groups is 3. The van der Waals surface area contributed by atoms with Gasteiger partial charge in [-0.2, -0.15) is 0 Å². The van der Waals surface area contributed by atoms with Crippen LogP contribution >= 0.6 is 0 Å². The molecule has 0 saturated carbocycles. The molecule has 0 N–H and O–H groups in total. The van der Waals surface area contributed by atoms with E-state index in [2.05, 4.69) is 93.7 Å². The van der Waals surface area contributed by atoms with Crippen molar-refractivity contribution < 1.29 is 28.6 Å². The molecule has 0 saturated heterocycles. The summed E-state index contributed by atoms with van der Waals surface area (Å²) in [4.78, 5) is 38.0. The third-order valence-corrected chi connectivity index (χ3v) is 11.2. The highest BCUT2D eigenvalue weighted by atomic mass is 16.6. The first-order valence-electron chi connectivity index (χ1n) is 26.4. The Balaban J connectivity index is 4.46. The Morgan fingerprint density at radius 2 is 0.571 bits per heavy atom. The van der Waals surface area contributed by atoms with Crippen LogP contribution in [0.5, 0.6) is 0 Å². The number of ether oxygens (including phenoxy) is 3. The van der Waals surface area contributed by atoms with Gasteiger partial charge in [-0.3, -0.25) is 14.4 Å². The van der Waals surface area contributed by atoms with Gasteiger partial charge in [-0.15, -0.1) is 0 Å². The van der Waals surface area contributed by atoms with E-state index < -0.39 is 6.10 Å². The molecule has 6 heteroatoms. The lowest BCUT2D eigenvalue weighted by molar-refractivity contribution is -0.167. The normalized spacial score (nSPS) is 12.6. The maximum Gasteiger partial charge on any atom is 0.306 e. The number of carbonyl (C=O) groups excluding carboxylic acids is 3. The minimum Gasteiger partial charge on any atom is -0.462 e. The number of rotatable bonds is 47. The van der Waals surface area contributed by atoms with Gasteiger partial charge in [0.05, 0.1) is 0 Å². The Bertz CT molecular complexity index is 1190. The van der Waals surface area contributed by atoms with Crippen LogP contribution in [-0.2, 0) is 28.6 Å². The average molecular weight is 879 g/mol. The molecule has 6 nitrogen and oxygen atoms in total. The highest BCUT2D eigenvalue weighted by Crippen LogP contribution is 2.13. The minimum absolute atomic E-state index is 0.0930. The third-order valence-electron chi connectivity index (χ3n) is 11.2. The maximum absolute atomic E-state index is 12.8. The van der Waals surface area contributed by atoms with Gasteiger partial charge in [0.1, 0.15) is 13.2 Å². The van der Waals surface area contributed by atoms with Crippen molar-refractivity contribution in [2.75, 3.05) is 13.2 Å². The van der Waals surface area contributed by atoms with Gasteiger partial charge in [-0.1, -0.05) is 190 Å². The summed E-state index contributed by atoms with van der Waals surface area (Å²) < 4.78 is 16.8. The quantitative estimate of drug-likeness (QED) is 0.0262. The lowest BCUT2D eigenvalue weighted by Gasteiger charge is -2.18. The van der Waals surface area contributed by atoms with Gasteiger partial charge in [-0.25, -0.2) is 0 Å². The van der Waals surface area contributed by atoms with Crippen LogP contribution in [0.15, 0.2) is 72.9 Å². The summed E-state index contributed by atoms with van der Waals surface area (Å²) in [6.07, 6.45) is 64.5. The zero-order valence-corrected chi connectivity index (χ0v) is 41.3. The second kappa shape index (κ2) is 51.5. The number of allylic oxidation sites excluding steroid dienone is 12. The number of unbranched alkanes of at least 4 members (excludes halogenated alkanes) is 24. The Morgan fingerprint density at radius 1 is 0.317 bits per heavy atom. The maximum atomic E-state index is 12.8. The topological polar surface area (TPSA) is 78.9 Å². The molecular formula is C57H98O6. The highest BCUT2D eigenvalue weighted by molar-refractivity contribution is 5.71. The van der Waals surface area contributed by atoms with Gasteiger partial charge in [-0.05, 0) is 116 Å². The van der Waals surface area contributed by atoms with E-state index in [1.807, 2.05) is 0 Å². The highest BCUT2D eigenvalue weighted by Gasteiger charge is 2.19. The van der Waals surface area contributed by atoms with Crippen LogP contribution in [0.3, 0.4) is 0 Å². The minimum atomic E-state index is -0.795. The lowest BCUT2D eigenvalue weighted by Crippen LogP contribution is -2.30. The van der Waals surface area contributed by atoms with Gasteiger partial charge >= 0.3 is 17.9 Å². The fraction of sp³-hybridized carbons (Fsp3) is 0.737. The van der Waals surface area contributed by atoms with E-state index in [-0.39, 0.29) is 31.1 Å². The summed E-state index contributed by atoms with van der Waals surface area (Å²) in [5.41, 5.74) is 0. The van der Waals surface area contributed by atoms with Crippen molar-refractivity contribution in [3.05, 3.63) is 72.9 Å². The molecule has 0 aliphatic heterocycles. The van der Waals surface area contributed by atoms with Crippen LogP contribution in [0.2, 0.25) is 0 Å². The molecule has 0 radical (unpaired) electrons. The first-order valence-corrected chi connectivity index (χ1v) is 26.4. The zero-order valence-electron chi connectivity index (χ0n) is 41.3.